The van der Waals surface area contributed by atoms with Crippen LogP contribution in [-0.4, -0.2) is 24.6 Å². The lowest BCUT2D eigenvalue weighted by atomic mass is 10.2. The van der Waals surface area contributed by atoms with Crippen molar-refractivity contribution in [3.8, 4) is 42.8 Å². The van der Waals surface area contributed by atoms with Crippen molar-refractivity contribution in [2.45, 2.75) is 38.5 Å². The zero-order valence-corrected chi connectivity index (χ0v) is 19.2. The second kappa shape index (κ2) is 14.7. The third kappa shape index (κ3) is 8.69. The molecular formula is C27H28N4O3. The second-order valence-corrected chi connectivity index (χ2v) is 7.38. The van der Waals surface area contributed by atoms with Crippen LogP contribution in [0, 0.1) is 47.1 Å². The van der Waals surface area contributed by atoms with Gasteiger partial charge in [-0.05, 0) is 49.6 Å². The van der Waals surface area contributed by atoms with Gasteiger partial charge in [-0.3, -0.25) is 10.1 Å². The molecule has 0 amide bonds. The van der Waals surface area contributed by atoms with Gasteiger partial charge < -0.3 is 9.64 Å². The van der Waals surface area contributed by atoms with Crippen LogP contribution in [0.3, 0.4) is 0 Å². The Balaban J connectivity index is 2.14. The summed E-state index contributed by atoms with van der Waals surface area (Å²) in [5, 5.41) is 19.6. The fourth-order valence-corrected chi connectivity index (χ4v) is 3.13. The highest BCUT2D eigenvalue weighted by Gasteiger charge is 2.12. The monoisotopic (exact) mass is 456 g/mol. The molecule has 0 aromatic heterocycles. The molecule has 34 heavy (non-hydrogen) atoms. The molecule has 0 heterocycles. The van der Waals surface area contributed by atoms with Gasteiger partial charge in [-0.15, -0.1) is 42.1 Å². The molecule has 0 radical (unpaired) electrons. The van der Waals surface area contributed by atoms with Crippen molar-refractivity contribution in [3.63, 3.8) is 0 Å². The highest BCUT2D eigenvalue weighted by Crippen LogP contribution is 2.33. The average Bonchev–Trinajstić information content (AvgIpc) is 2.85. The van der Waals surface area contributed by atoms with Crippen LogP contribution in [-0.2, 0) is 0 Å². The molecule has 0 saturated carbocycles. The highest BCUT2D eigenvalue weighted by atomic mass is 16.6. The number of hydrogen-bond acceptors (Lipinski definition) is 6. The van der Waals surface area contributed by atoms with Crippen molar-refractivity contribution in [2.24, 2.45) is 10.2 Å². The van der Waals surface area contributed by atoms with E-state index in [0.29, 0.717) is 36.6 Å². The number of non-ortho nitro benzene ring substituents is 1. The van der Waals surface area contributed by atoms with Gasteiger partial charge in [0.15, 0.2) is 5.75 Å². The normalized spacial score (nSPS) is 10.3. The molecule has 7 nitrogen and oxygen atoms in total. The van der Waals surface area contributed by atoms with Gasteiger partial charge in [-0.25, -0.2) is 0 Å². The SMILES string of the molecule is C#CCCCOc1cc([N+](=O)[O-])ccc1N=Nc1ccc(N(CCCC#C)CCCC#C)cc1. The van der Waals surface area contributed by atoms with E-state index in [1.807, 2.05) is 24.3 Å². The third-order valence-corrected chi connectivity index (χ3v) is 4.86. The summed E-state index contributed by atoms with van der Waals surface area (Å²) >= 11 is 0. The number of terminal acetylenes is 3. The predicted molar refractivity (Wildman–Crippen MR) is 136 cm³/mol. The number of nitro groups is 1. The molecule has 0 spiro atoms. The first-order valence-corrected chi connectivity index (χ1v) is 11.1. The maximum atomic E-state index is 11.1. The van der Waals surface area contributed by atoms with Gasteiger partial charge >= 0.3 is 0 Å². The maximum Gasteiger partial charge on any atom is 0.273 e. The van der Waals surface area contributed by atoms with Crippen molar-refractivity contribution in [2.75, 3.05) is 24.6 Å². The second-order valence-electron chi connectivity index (χ2n) is 7.38. The summed E-state index contributed by atoms with van der Waals surface area (Å²) in [5.74, 6) is 8.17. The maximum absolute atomic E-state index is 11.1. The summed E-state index contributed by atoms with van der Waals surface area (Å²) in [7, 11) is 0. The topological polar surface area (TPSA) is 80.3 Å². The van der Waals surface area contributed by atoms with Crippen molar-refractivity contribution in [3.05, 3.63) is 52.6 Å². The van der Waals surface area contributed by atoms with E-state index in [1.165, 1.54) is 18.2 Å². The Morgan fingerprint density at radius 3 is 2.09 bits per heavy atom. The molecule has 2 rings (SSSR count). The Kier molecular flexibility index (Phi) is 11.2. The van der Waals surface area contributed by atoms with E-state index in [1.54, 1.807) is 0 Å². The molecule has 7 heteroatoms. The average molecular weight is 457 g/mol. The van der Waals surface area contributed by atoms with E-state index in [2.05, 4.69) is 32.9 Å². The molecule has 0 aliphatic heterocycles. The van der Waals surface area contributed by atoms with Gasteiger partial charge in [0.2, 0.25) is 0 Å². The number of nitrogens with zero attached hydrogens (tertiary/aromatic N) is 4. The first-order chi connectivity index (χ1) is 16.6. The molecule has 0 atom stereocenters. The highest BCUT2D eigenvalue weighted by molar-refractivity contribution is 5.57. The summed E-state index contributed by atoms with van der Waals surface area (Å²) in [5.41, 5.74) is 2.03. The zero-order valence-electron chi connectivity index (χ0n) is 19.2. The molecule has 0 aliphatic carbocycles. The van der Waals surface area contributed by atoms with Crippen molar-refractivity contribution in [1.29, 1.82) is 0 Å². The standard InChI is InChI=1S/C27H28N4O3/c1-4-7-10-19-30(20-11-8-5-2)24-15-13-23(14-16-24)28-29-26-18-17-25(31(32)33)22-27(26)34-21-12-9-6-3/h1-3,13-18,22H,7-12,19-21H2. The smallest absolute Gasteiger partial charge is 0.273 e. The fourth-order valence-electron chi connectivity index (χ4n) is 3.13. The van der Waals surface area contributed by atoms with Gasteiger partial charge in [-0.1, -0.05) is 0 Å². The summed E-state index contributed by atoms with van der Waals surface area (Å²) in [6, 6.07) is 11.9. The van der Waals surface area contributed by atoms with Crippen LogP contribution in [0.2, 0.25) is 0 Å². The van der Waals surface area contributed by atoms with Crippen molar-refractivity contribution < 1.29 is 9.66 Å². The fraction of sp³-hybridized carbons (Fsp3) is 0.333. The molecule has 2 aromatic carbocycles. The lowest BCUT2D eigenvalue weighted by Crippen LogP contribution is -2.25. The first kappa shape index (κ1) is 26.0. The van der Waals surface area contributed by atoms with Crippen LogP contribution < -0.4 is 9.64 Å². The van der Waals surface area contributed by atoms with E-state index < -0.39 is 4.92 Å². The summed E-state index contributed by atoms with van der Waals surface area (Å²) < 4.78 is 5.67. The van der Waals surface area contributed by atoms with Crippen molar-refractivity contribution >= 4 is 22.7 Å². The lowest BCUT2D eigenvalue weighted by Gasteiger charge is -2.24. The number of anilines is 1. The minimum absolute atomic E-state index is 0.0787. The van der Waals surface area contributed by atoms with Gasteiger partial charge in [0.1, 0.15) is 5.69 Å². The van der Waals surface area contributed by atoms with E-state index in [-0.39, 0.29) is 5.69 Å². The Hall–Kier alpha value is -4.28. The summed E-state index contributed by atoms with van der Waals surface area (Å²) in [6.07, 6.45) is 20.5. The van der Waals surface area contributed by atoms with Crippen LogP contribution in [0.4, 0.5) is 22.7 Å². The van der Waals surface area contributed by atoms with Crippen LogP contribution >= 0.6 is 0 Å². The summed E-state index contributed by atoms with van der Waals surface area (Å²) in [4.78, 5) is 12.9. The van der Waals surface area contributed by atoms with Crippen LogP contribution in [0.15, 0.2) is 52.7 Å². The number of rotatable bonds is 14. The number of benzene rings is 2. The molecule has 0 fully saturated rings. The van der Waals surface area contributed by atoms with E-state index in [9.17, 15) is 10.1 Å². The lowest BCUT2D eigenvalue weighted by molar-refractivity contribution is -0.384. The number of ether oxygens (including phenoxy) is 1. The zero-order chi connectivity index (χ0) is 24.6. The number of unbranched alkanes of at least 4 members (excludes halogenated alkanes) is 3. The van der Waals surface area contributed by atoms with E-state index >= 15 is 0 Å². The molecule has 2 aromatic rings. The third-order valence-electron chi connectivity index (χ3n) is 4.86. The Morgan fingerprint density at radius 1 is 0.882 bits per heavy atom. The number of azo groups is 1. The molecule has 0 unspecified atom stereocenters. The Morgan fingerprint density at radius 2 is 1.50 bits per heavy atom. The molecule has 0 N–H and O–H groups in total. The Labute approximate surface area is 201 Å². The Bertz CT molecular complexity index is 1070. The van der Waals surface area contributed by atoms with Crippen LogP contribution in [0.25, 0.3) is 0 Å². The minimum Gasteiger partial charge on any atom is -0.491 e. The van der Waals surface area contributed by atoms with E-state index in [0.717, 1.165) is 44.5 Å². The quantitative estimate of drug-likeness (QED) is 0.108. The number of nitro benzene ring substituents is 1. The van der Waals surface area contributed by atoms with Gasteiger partial charge in [0.05, 0.1) is 23.3 Å². The molecule has 0 bridgehead atoms. The van der Waals surface area contributed by atoms with E-state index in [4.69, 9.17) is 24.0 Å². The molecule has 0 saturated heterocycles. The number of hydrogen-bond donors (Lipinski definition) is 0. The predicted octanol–water partition coefficient (Wildman–Crippen LogP) is 6.44. The van der Waals surface area contributed by atoms with Crippen LogP contribution in [0.1, 0.15) is 38.5 Å². The van der Waals surface area contributed by atoms with Gasteiger partial charge in [-0.2, -0.15) is 5.11 Å². The van der Waals surface area contributed by atoms with Gasteiger partial charge in [0.25, 0.3) is 5.69 Å². The molecule has 174 valence electrons. The minimum atomic E-state index is -0.479. The summed E-state index contributed by atoms with van der Waals surface area (Å²) in [6.45, 7) is 2.02. The van der Waals surface area contributed by atoms with Gasteiger partial charge in [0, 0.05) is 44.1 Å². The molecule has 0 aliphatic rings. The van der Waals surface area contributed by atoms with Crippen molar-refractivity contribution in [1.82, 2.24) is 0 Å². The first-order valence-electron chi connectivity index (χ1n) is 11.1. The largest absolute Gasteiger partial charge is 0.491 e. The van der Waals surface area contributed by atoms with Crippen LogP contribution in [0.5, 0.6) is 5.75 Å². The molecular weight excluding hydrogens is 428 g/mol.